The molecule has 1 aromatic heterocycles. The maximum absolute atomic E-state index is 11.5. The number of carbonyl (C=O) groups excluding carboxylic acids is 1. The standard InChI is InChI=1S/C14H11NO3S/c15-9-11-1-3-13(4-2-11)17-6-7-18-14(16)12-5-8-19-10-12/h1-5,8,10H,6-7H2. The molecule has 4 nitrogen and oxygen atoms in total. The number of carbonyl (C=O) groups is 1. The Labute approximate surface area is 114 Å². The Morgan fingerprint density at radius 3 is 2.63 bits per heavy atom. The number of benzene rings is 1. The fourth-order valence-electron chi connectivity index (χ4n) is 1.38. The van der Waals surface area contributed by atoms with Gasteiger partial charge in [-0.2, -0.15) is 16.6 Å². The minimum absolute atomic E-state index is 0.189. The Hall–Kier alpha value is -2.32. The Bertz CT molecular complexity index is 570. The fourth-order valence-corrected chi connectivity index (χ4v) is 2.01. The van der Waals surface area contributed by atoms with E-state index < -0.39 is 0 Å². The van der Waals surface area contributed by atoms with Gasteiger partial charge in [-0.15, -0.1) is 0 Å². The minimum atomic E-state index is -0.343. The molecule has 5 heteroatoms. The van der Waals surface area contributed by atoms with Crippen LogP contribution in [0.1, 0.15) is 15.9 Å². The number of nitriles is 1. The predicted molar refractivity (Wildman–Crippen MR) is 71.3 cm³/mol. The number of hydrogen-bond donors (Lipinski definition) is 0. The molecular formula is C14H11NO3S. The maximum atomic E-state index is 11.5. The molecule has 0 saturated heterocycles. The molecule has 0 amide bonds. The van der Waals surface area contributed by atoms with Crippen molar-refractivity contribution < 1.29 is 14.3 Å². The van der Waals surface area contributed by atoms with E-state index in [4.69, 9.17) is 14.7 Å². The summed E-state index contributed by atoms with van der Waals surface area (Å²) >= 11 is 1.45. The van der Waals surface area contributed by atoms with Gasteiger partial charge in [0.1, 0.15) is 19.0 Å². The zero-order valence-corrected chi connectivity index (χ0v) is 10.9. The molecule has 0 aliphatic rings. The summed E-state index contributed by atoms with van der Waals surface area (Å²) in [7, 11) is 0. The maximum Gasteiger partial charge on any atom is 0.339 e. The van der Waals surface area contributed by atoms with Crippen molar-refractivity contribution in [3.05, 3.63) is 52.2 Å². The molecule has 2 aromatic rings. The van der Waals surface area contributed by atoms with Gasteiger partial charge >= 0.3 is 5.97 Å². The lowest BCUT2D eigenvalue weighted by Gasteiger charge is -2.06. The van der Waals surface area contributed by atoms with Crippen LogP contribution in [0.4, 0.5) is 0 Å². The normalized spacial score (nSPS) is 9.63. The van der Waals surface area contributed by atoms with Gasteiger partial charge in [-0.1, -0.05) is 0 Å². The molecule has 0 aliphatic carbocycles. The van der Waals surface area contributed by atoms with Gasteiger partial charge in [-0.05, 0) is 35.7 Å². The number of rotatable bonds is 5. The van der Waals surface area contributed by atoms with Crippen molar-refractivity contribution in [2.24, 2.45) is 0 Å². The SMILES string of the molecule is N#Cc1ccc(OCCOC(=O)c2ccsc2)cc1. The van der Waals surface area contributed by atoms with Gasteiger partial charge in [0.2, 0.25) is 0 Å². The molecule has 1 aromatic carbocycles. The number of hydrogen-bond acceptors (Lipinski definition) is 5. The summed E-state index contributed by atoms with van der Waals surface area (Å²) in [4.78, 5) is 11.5. The van der Waals surface area contributed by atoms with Gasteiger partial charge in [-0.3, -0.25) is 0 Å². The summed E-state index contributed by atoms with van der Waals surface area (Å²) in [5.41, 5.74) is 1.14. The summed E-state index contributed by atoms with van der Waals surface area (Å²) in [6.45, 7) is 0.469. The summed E-state index contributed by atoms with van der Waals surface area (Å²) in [5.74, 6) is 0.301. The van der Waals surface area contributed by atoms with E-state index in [0.717, 1.165) is 0 Å². The Morgan fingerprint density at radius 2 is 2.00 bits per heavy atom. The quantitative estimate of drug-likeness (QED) is 0.621. The lowest BCUT2D eigenvalue weighted by atomic mass is 10.2. The summed E-state index contributed by atoms with van der Waals surface area (Å²) in [5, 5.41) is 12.2. The van der Waals surface area contributed by atoms with E-state index in [-0.39, 0.29) is 19.2 Å². The molecule has 1 heterocycles. The van der Waals surface area contributed by atoms with Gasteiger partial charge < -0.3 is 9.47 Å². The van der Waals surface area contributed by atoms with Crippen LogP contribution in [0, 0.1) is 11.3 Å². The summed E-state index contributed by atoms with van der Waals surface area (Å²) in [6.07, 6.45) is 0. The van der Waals surface area contributed by atoms with Crippen LogP contribution in [0.3, 0.4) is 0 Å². The second-order valence-corrected chi connectivity index (χ2v) is 4.41. The van der Waals surface area contributed by atoms with Crippen LogP contribution >= 0.6 is 11.3 Å². The zero-order valence-electron chi connectivity index (χ0n) is 10.0. The van der Waals surface area contributed by atoms with Crippen LogP contribution in [0.15, 0.2) is 41.1 Å². The van der Waals surface area contributed by atoms with Crippen molar-refractivity contribution in [3.8, 4) is 11.8 Å². The van der Waals surface area contributed by atoms with E-state index in [0.29, 0.717) is 16.9 Å². The van der Waals surface area contributed by atoms with Crippen LogP contribution in [-0.2, 0) is 4.74 Å². The highest BCUT2D eigenvalue weighted by Crippen LogP contribution is 2.11. The molecule has 0 fully saturated rings. The van der Waals surface area contributed by atoms with Gasteiger partial charge in [0.15, 0.2) is 0 Å². The first kappa shape index (κ1) is 13.1. The average Bonchev–Trinajstić information content (AvgIpc) is 2.98. The largest absolute Gasteiger partial charge is 0.490 e. The number of ether oxygens (including phenoxy) is 2. The Morgan fingerprint density at radius 1 is 1.21 bits per heavy atom. The van der Waals surface area contributed by atoms with Crippen molar-refractivity contribution >= 4 is 17.3 Å². The number of nitrogens with zero attached hydrogens (tertiary/aromatic N) is 1. The molecule has 0 atom stereocenters. The van der Waals surface area contributed by atoms with Crippen LogP contribution < -0.4 is 4.74 Å². The average molecular weight is 273 g/mol. The smallest absolute Gasteiger partial charge is 0.339 e. The number of esters is 1. The van der Waals surface area contributed by atoms with E-state index in [9.17, 15) is 4.79 Å². The minimum Gasteiger partial charge on any atom is -0.490 e. The summed E-state index contributed by atoms with van der Waals surface area (Å²) < 4.78 is 10.4. The van der Waals surface area contributed by atoms with E-state index >= 15 is 0 Å². The van der Waals surface area contributed by atoms with Crippen molar-refractivity contribution in [1.29, 1.82) is 5.26 Å². The third-order valence-corrected chi connectivity index (χ3v) is 3.01. The van der Waals surface area contributed by atoms with Crippen molar-refractivity contribution in [2.45, 2.75) is 0 Å². The van der Waals surface area contributed by atoms with Crippen LogP contribution in [0.5, 0.6) is 5.75 Å². The second kappa shape index (κ2) is 6.57. The van der Waals surface area contributed by atoms with Crippen molar-refractivity contribution in [1.82, 2.24) is 0 Å². The lowest BCUT2D eigenvalue weighted by Crippen LogP contribution is -2.11. The molecule has 0 bridgehead atoms. The molecular weight excluding hydrogens is 262 g/mol. The first-order valence-electron chi connectivity index (χ1n) is 5.62. The molecule has 19 heavy (non-hydrogen) atoms. The molecule has 0 saturated carbocycles. The second-order valence-electron chi connectivity index (χ2n) is 3.63. The Balaban J connectivity index is 1.72. The Kier molecular flexibility index (Phi) is 4.54. The molecule has 0 N–H and O–H groups in total. The monoisotopic (exact) mass is 273 g/mol. The molecule has 96 valence electrons. The highest BCUT2D eigenvalue weighted by Gasteiger charge is 2.06. The molecule has 0 spiro atoms. The van der Waals surface area contributed by atoms with Gasteiger partial charge in [0, 0.05) is 5.38 Å². The van der Waals surface area contributed by atoms with Crippen LogP contribution in [0.2, 0.25) is 0 Å². The number of thiophene rings is 1. The first-order valence-corrected chi connectivity index (χ1v) is 6.56. The van der Waals surface area contributed by atoms with Crippen molar-refractivity contribution in [3.63, 3.8) is 0 Å². The van der Waals surface area contributed by atoms with E-state index in [1.807, 2.05) is 11.4 Å². The van der Waals surface area contributed by atoms with Gasteiger partial charge in [0.05, 0.1) is 17.2 Å². The lowest BCUT2D eigenvalue weighted by molar-refractivity contribution is 0.0451. The molecule has 0 aliphatic heterocycles. The highest BCUT2D eigenvalue weighted by molar-refractivity contribution is 7.08. The van der Waals surface area contributed by atoms with Crippen LogP contribution in [0.25, 0.3) is 0 Å². The third kappa shape index (κ3) is 3.83. The zero-order chi connectivity index (χ0) is 13.5. The van der Waals surface area contributed by atoms with Crippen LogP contribution in [-0.4, -0.2) is 19.2 Å². The van der Waals surface area contributed by atoms with E-state index in [1.54, 1.807) is 35.7 Å². The fraction of sp³-hybridized carbons (Fsp3) is 0.143. The van der Waals surface area contributed by atoms with Crippen molar-refractivity contribution in [2.75, 3.05) is 13.2 Å². The highest BCUT2D eigenvalue weighted by atomic mass is 32.1. The third-order valence-electron chi connectivity index (χ3n) is 2.33. The van der Waals surface area contributed by atoms with E-state index in [1.165, 1.54) is 11.3 Å². The molecule has 2 rings (SSSR count). The molecule has 0 radical (unpaired) electrons. The van der Waals surface area contributed by atoms with Gasteiger partial charge in [0.25, 0.3) is 0 Å². The first-order chi connectivity index (χ1) is 9.29. The predicted octanol–water partition coefficient (Wildman–Crippen LogP) is 2.86. The summed E-state index contributed by atoms with van der Waals surface area (Å²) in [6, 6.07) is 10.5. The van der Waals surface area contributed by atoms with E-state index in [2.05, 4.69) is 0 Å². The molecule has 0 unspecified atom stereocenters. The van der Waals surface area contributed by atoms with Gasteiger partial charge in [-0.25, -0.2) is 4.79 Å². The topological polar surface area (TPSA) is 59.3 Å².